The number of carbonyl (C=O) groups is 3. The van der Waals surface area contributed by atoms with Crippen LogP contribution in [0, 0.1) is 0 Å². The lowest BCUT2D eigenvalue weighted by molar-refractivity contribution is -0.167. The van der Waals surface area contributed by atoms with Crippen LogP contribution in [0.4, 0.5) is 0 Å². The van der Waals surface area contributed by atoms with Gasteiger partial charge in [0.05, 0.1) is 0 Å². The van der Waals surface area contributed by atoms with E-state index >= 15 is 0 Å². The van der Waals surface area contributed by atoms with Gasteiger partial charge in [-0.3, -0.25) is 14.4 Å². The molecule has 378 valence electrons. The largest absolute Gasteiger partial charge is 0.462 e. The number of rotatable bonds is 51. The lowest BCUT2D eigenvalue weighted by Gasteiger charge is -2.18. The Morgan fingerprint density at radius 1 is 0.323 bits per heavy atom. The van der Waals surface area contributed by atoms with Crippen LogP contribution >= 0.6 is 0 Å². The first-order chi connectivity index (χ1) is 32.0. The van der Waals surface area contributed by atoms with Gasteiger partial charge in [-0.15, -0.1) is 0 Å². The van der Waals surface area contributed by atoms with E-state index < -0.39 is 6.10 Å². The second kappa shape index (κ2) is 54.0. The molecule has 0 aliphatic heterocycles. The van der Waals surface area contributed by atoms with E-state index in [-0.39, 0.29) is 31.1 Å². The molecule has 6 nitrogen and oxygen atoms in total. The number of ether oxygens (including phenoxy) is 3. The zero-order valence-corrected chi connectivity index (χ0v) is 43.3. The average Bonchev–Trinajstić information content (AvgIpc) is 3.30. The maximum absolute atomic E-state index is 12.8. The van der Waals surface area contributed by atoms with E-state index in [0.717, 1.165) is 89.9 Å². The van der Waals surface area contributed by atoms with Crippen LogP contribution in [-0.4, -0.2) is 37.2 Å². The molecule has 1 atom stereocenters. The molecule has 0 saturated heterocycles. The summed E-state index contributed by atoms with van der Waals surface area (Å²) >= 11 is 0. The predicted molar refractivity (Wildman–Crippen MR) is 279 cm³/mol. The Balaban J connectivity index is 4.31. The third-order valence-electron chi connectivity index (χ3n) is 12.3. The molecule has 0 amide bonds. The predicted octanol–water partition coefficient (Wildman–Crippen LogP) is 18.7. The molecule has 0 saturated carbocycles. The van der Waals surface area contributed by atoms with Gasteiger partial charge >= 0.3 is 17.9 Å². The van der Waals surface area contributed by atoms with E-state index in [2.05, 4.69) is 69.4 Å². The Morgan fingerprint density at radius 2 is 0.615 bits per heavy atom. The summed E-state index contributed by atoms with van der Waals surface area (Å²) in [5.41, 5.74) is 0. The molecular weight excluding hydrogens is 805 g/mol. The highest BCUT2D eigenvalue weighted by Gasteiger charge is 2.19. The van der Waals surface area contributed by atoms with Crippen molar-refractivity contribution in [3.8, 4) is 0 Å². The summed E-state index contributed by atoms with van der Waals surface area (Å²) in [4.78, 5) is 38.1. The van der Waals surface area contributed by atoms with Crippen LogP contribution < -0.4 is 0 Å². The van der Waals surface area contributed by atoms with Crippen molar-refractivity contribution < 1.29 is 28.6 Å². The van der Waals surface area contributed by atoms with Gasteiger partial charge in [-0.05, 0) is 70.6 Å². The van der Waals surface area contributed by atoms with Crippen molar-refractivity contribution in [3.05, 3.63) is 48.6 Å². The molecule has 0 heterocycles. The van der Waals surface area contributed by atoms with Gasteiger partial charge in [0.15, 0.2) is 6.10 Å². The fourth-order valence-corrected chi connectivity index (χ4v) is 8.09. The van der Waals surface area contributed by atoms with Crippen LogP contribution in [-0.2, 0) is 28.6 Å². The van der Waals surface area contributed by atoms with Crippen molar-refractivity contribution >= 4 is 17.9 Å². The summed E-state index contributed by atoms with van der Waals surface area (Å²) in [5, 5.41) is 0. The minimum atomic E-state index is -0.779. The molecule has 0 radical (unpaired) electrons. The Kier molecular flexibility index (Phi) is 51.8. The highest BCUT2D eigenvalue weighted by Crippen LogP contribution is 2.16. The van der Waals surface area contributed by atoms with Crippen molar-refractivity contribution in [3.63, 3.8) is 0 Å². The second-order valence-corrected chi connectivity index (χ2v) is 18.8. The van der Waals surface area contributed by atoms with E-state index in [1.807, 2.05) is 0 Å². The number of hydrogen-bond acceptors (Lipinski definition) is 6. The molecule has 0 aliphatic carbocycles. The van der Waals surface area contributed by atoms with Gasteiger partial charge in [-0.1, -0.05) is 249 Å². The lowest BCUT2D eigenvalue weighted by atomic mass is 10.0. The molecule has 0 rings (SSSR count). The highest BCUT2D eigenvalue weighted by atomic mass is 16.6. The second-order valence-electron chi connectivity index (χ2n) is 18.8. The van der Waals surface area contributed by atoms with Crippen molar-refractivity contribution in [2.75, 3.05) is 13.2 Å². The Labute approximate surface area is 403 Å². The van der Waals surface area contributed by atoms with E-state index in [0.29, 0.717) is 19.3 Å². The van der Waals surface area contributed by atoms with E-state index in [4.69, 9.17) is 14.2 Å². The zero-order valence-electron chi connectivity index (χ0n) is 43.3. The fraction of sp³-hybridized carbons (Fsp3) is 0.814. The summed E-state index contributed by atoms with van der Waals surface area (Å²) in [6.07, 6.45) is 65.3. The van der Waals surface area contributed by atoms with Crippen LogP contribution in [0.1, 0.15) is 290 Å². The average molecular weight is 911 g/mol. The molecule has 6 heteroatoms. The Hall–Kier alpha value is -2.63. The molecule has 0 bridgehead atoms. The van der Waals surface area contributed by atoms with E-state index in [1.165, 1.54) is 161 Å². The molecule has 0 spiro atoms. The van der Waals surface area contributed by atoms with Crippen LogP contribution in [0.2, 0.25) is 0 Å². The Bertz CT molecular complexity index is 1140. The third-order valence-corrected chi connectivity index (χ3v) is 12.3. The maximum Gasteiger partial charge on any atom is 0.306 e. The Morgan fingerprint density at radius 3 is 1.00 bits per heavy atom. The minimum absolute atomic E-state index is 0.0770. The number of unbranched alkanes of at least 4 members (excludes halogenated alkanes) is 32. The SMILES string of the molecule is CC/C=C\C/C=C\C/C=C\CCCCCCCCCC(=O)OC(COC(=O)CCCCCCC/C=C\CCCC)COC(=O)CCCCCCCCCCCCCCCCCCCCC. The maximum atomic E-state index is 12.8. The molecule has 65 heavy (non-hydrogen) atoms. The number of esters is 3. The van der Waals surface area contributed by atoms with Crippen LogP contribution in [0.3, 0.4) is 0 Å². The van der Waals surface area contributed by atoms with E-state index in [1.54, 1.807) is 0 Å². The molecule has 0 aliphatic rings. The molecular formula is C59H106O6. The van der Waals surface area contributed by atoms with Gasteiger partial charge in [0.1, 0.15) is 13.2 Å². The standard InChI is InChI=1S/C59H106O6/c1-4-7-10-13-16-19-22-24-26-28-29-31-32-34-37-40-43-46-49-52-58(61)64-55-56(54-63-57(60)51-48-45-42-39-36-21-18-15-12-9-6-3)65-59(62)53-50-47-44-41-38-35-33-30-27-25-23-20-17-14-11-8-5-2/h8,11,15,17-18,20,25,27,56H,4-7,9-10,12-14,16,19,21-24,26,28-55H2,1-3H3/b11-8-,18-15-,20-17-,27-25-. The van der Waals surface area contributed by atoms with Gasteiger partial charge in [0, 0.05) is 19.3 Å². The van der Waals surface area contributed by atoms with Gasteiger partial charge in [-0.25, -0.2) is 0 Å². The van der Waals surface area contributed by atoms with Gasteiger partial charge in [0.2, 0.25) is 0 Å². The van der Waals surface area contributed by atoms with Gasteiger partial charge in [-0.2, -0.15) is 0 Å². The fourth-order valence-electron chi connectivity index (χ4n) is 8.09. The summed E-state index contributed by atoms with van der Waals surface area (Å²) in [5.74, 6) is -0.885. The molecule has 0 fully saturated rings. The first kappa shape index (κ1) is 62.4. The molecule has 0 aromatic rings. The summed E-state index contributed by atoms with van der Waals surface area (Å²) in [7, 11) is 0. The monoisotopic (exact) mass is 911 g/mol. The first-order valence-corrected chi connectivity index (χ1v) is 28.1. The summed E-state index contributed by atoms with van der Waals surface area (Å²) in [6, 6.07) is 0. The van der Waals surface area contributed by atoms with E-state index in [9.17, 15) is 14.4 Å². The molecule has 1 unspecified atom stereocenters. The molecule has 0 N–H and O–H groups in total. The third kappa shape index (κ3) is 52.2. The van der Waals surface area contributed by atoms with Gasteiger partial charge in [0.25, 0.3) is 0 Å². The minimum Gasteiger partial charge on any atom is -0.462 e. The topological polar surface area (TPSA) is 78.9 Å². The van der Waals surface area contributed by atoms with Crippen LogP contribution in [0.15, 0.2) is 48.6 Å². The summed E-state index contributed by atoms with van der Waals surface area (Å²) < 4.78 is 16.8. The van der Waals surface area contributed by atoms with Gasteiger partial charge < -0.3 is 14.2 Å². The normalized spacial score (nSPS) is 12.4. The molecule has 0 aromatic carbocycles. The van der Waals surface area contributed by atoms with Crippen LogP contribution in [0.25, 0.3) is 0 Å². The summed E-state index contributed by atoms with van der Waals surface area (Å²) in [6.45, 7) is 6.51. The number of allylic oxidation sites excluding steroid dienone is 8. The van der Waals surface area contributed by atoms with Crippen molar-refractivity contribution in [1.29, 1.82) is 0 Å². The van der Waals surface area contributed by atoms with Crippen molar-refractivity contribution in [2.24, 2.45) is 0 Å². The van der Waals surface area contributed by atoms with Crippen molar-refractivity contribution in [2.45, 2.75) is 297 Å². The highest BCUT2D eigenvalue weighted by molar-refractivity contribution is 5.71. The van der Waals surface area contributed by atoms with Crippen LogP contribution in [0.5, 0.6) is 0 Å². The van der Waals surface area contributed by atoms with Crippen molar-refractivity contribution in [1.82, 2.24) is 0 Å². The zero-order chi connectivity index (χ0) is 47.2. The lowest BCUT2D eigenvalue weighted by Crippen LogP contribution is -2.30. The number of carbonyl (C=O) groups excluding carboxylic acids is 3. The quantitative estimate of drug-likeness (QED) is 0.0262. The molecule has 0 aromatic heterocycles. The smallest absolute Gasteiger partial charge is 0.306 e. The first-order valence-electron chi connectivity index (χ1n) is 28.1. The number of hydrogen-bond donors (Lipinski definition) is 0.